The quantitative estimate of drug-likeness (QED) is 0.940. The number of carbonyl (C=O) groups is 1. The van der Waals surface area contributed by atoms with Gasteiger partial charge in [-0.2, -0.15) is 0 Å². The Kier molecular flexibility index (Phi) is 4.45. The summed E-state index contributed by atoms with van der Waals surface area (Å²) in [6, 6.07) is 11.7. The summed E-state index contributed by atoms with van der Waals surface area (Å²) in [5.41, 5.74) is 1.07. The Hall–Kier alpha value is -2.18. The van der Waals surface area contributed by atoms with E-state index in [1.807, 2.05) is 43.3 Å². The van der Waals surface area contributed by atoms with E-state index in [0.29, 0.717) is 31.9 Å². The van der Waals surface area contributed by atoms with Crippen molar-refractivity contribution in [2.45, 2.75) is 25.4 Å². The molecule has 0 spiro atoms. The van der Waals surface area contributed by atoms with Gasteiger partial charge in [0.05, 0.1) is 5.69 Å². The smallest absolute Gasteiger partial charge is 0.257 e. The molecule has 1 aliphatic rings. The molecule has 0 bridgehead atoms. The van der Waals surface area contributed by atoms with Crippen LogP contribution in [0.1, 0.15) is 18.5 Å². The van der Waals surface area contributed by atoms with Crippen LogP contribution in [0.15, 0.2) is 36.4 Å². The SMILES string of the molecule is COC1(C(=O)Nc2cc(C)n(-c3ccccc3)n2)CCOCC1. The summed E-state index contributed by atoms with van der Waals surface area (Å²) in [5.74, 6) is 0.361. The van der Waals surface area contributed by atoms with Crippen molar-refractivity contribution in [3.05, 3.63) is 42.1 Å². The van der Waals surface area contributed by atoms with Crippen LogP contribution in [-0.2, 0) is 14.3 Å². The molecule has 1 fully saturated rings. The molecule has 1 aromatic heterocycles. The first-order valence-electron chi connectivity index (χ1n) is 7.71. The first-order chi connectivity index (χ1) is 11.1. The lowest BCUT2D eigenvalue weighted by Gasteiger charge is -2.33. The largest absolute Gasteiger partial charge is 0.381 e. The average Bonchev–Trinajstić information content (AvgIpc) is 2.96. The molecule has 1 aliphatic heterocycles. The van der Waals surface area contributed by atoms with Crippen LogP contribution in [0.5, 0.6) is 0 Å². The Morgan fingerprint density at radius 3 is 2.65 bits per heavy atom. The normalized spacial score (nSPS) is 17.0. The fourth-order valence-corrected chi connectivity index (χ4v) is 2.82. The van der Waals surface area contributed by atoms with Crippen molar-refractivity contribution >= 4 is 11.7 Å². The van der Waals surface area contributed by atoms with Gasteiger partial charge in [-0.05, 0) is 19.1 Å². The molecule has 2 heterocycles. The highest BCUT2D eigenvalue weighted by molar-refractivity contribution is 5.96. The van der Waals surface area contributed by atoms with Crippen LogP contribution in [0.4, 0.5) is 5.82 Å². The monoisotopic (exact) mass is 315 g/mol. The minimum absolute atomic E-state index is 0.166. The van der Waals surface area contributed by atoms with E-state index in [1.165, 1.54) is 0 Å². The zero-order chi connectivity index (χ0) is 16.3. The number of hydrogen-bond donors (Lipinski definition) is 1. The molecule has 23 heavy (non-hydrogen) atoms. The summed E-state index contributed by atoms with van der Waals surface area (Å²) in [5, 5.41) is 7.36. The fraction of sp³-hybridized carbons (Fsp3) is 0.412. The Labute approximate surface area is 135 Å². The third-order valence-corrected chi connectivity index (χ3v) is 4.23. The standard InChI is InChI=1S/C17H21N3O3/c1-13-12-15(19-20(13)14-6-4-3-5-7-14)18-16(21)17(22-2)8-10-23-11-9-17/h3-7,12H,8-11H2,1-2H3,(H,18,19,21). The minimum atomic E-state index is -0.831. The minimum Gasteiger partial charge on any atom is -0.381 e. The lowest BCUT2D eigenvalue weighted by atomic mass is 9.93. The van der Waals surface area contributed by atoms with Crippen LogP contribution in [0.3, 0.4) is 0 Å². The molecule has 122 valence electrons. The zero-order valence-corrected chi connectivity index (χ0v) is 13.4. The molecule has 1 amide bonds. The molecule has 6 heteroatoms. The summed E-state index contributed by atoms with van der Waals surface area (Å²) < 4.78 is 12.6. The molecule has 1 saturated heterocycles. The van der Waals surface area contributed by atoms with Crippen LogP contribution >= 0.6 is 0 Å². The number of anilines is 1. The number of benzene rings is 1. The maximum Gasteiger partial charge on any atom is 0.257 e. The molecule has 6 nitrogen and oxygen atoms in total. The van der Waals surface area contributed by atoms with Gasteiger partial charge in [0.2, 0.25) is 0 Å². The van der Waals surface area contributed by atoms with E-state index >= 15 is 0 Å². The lowest BCUT2D eigenvalue weighted by molar-refractivity contribution is -0.149. The Balaban J connectivity index is 1.79. The first-order valence-corrected chi connectivity index (χ1v) is 7.71. The molecular weight excluding hydrogens is 294 g/mol. The van der Waals surface area contributed by atoms with E-state index in [0.717, 1.165) is 11.4 Å². The van der Waals surface area contributed by atoms with Gasteiger partial charge >= 0.3 is 0 Å². The second kappa shape index (κ2) is 6.52. The van der Waals surface area contributed by atoms with Gasteiger partial charge in [0, 0.05) is 44.9 Å². The van der Waals surface area contributed by atoms with Crippen LogP contribution in [0.2, 0.25) is 0 Å². The summed E-state index contributed by atoms with van der Waals surface area (Å²) in [6.45, 7) is 3.01. The topological polar surface area (TPSA) is 65.4 Å². The molecule has 3 rings (SSSR count). The van der Waals surface area contributed by atoms with Crippen LogP contribution in [0, 0.1) is 6.92 Å². The van der Waals surface area contributed by atoms with Gasteiger partial charge in [0.1, 0.15) is 0 Å². The number of hydrogen-bond acceptors (Lipinski definition) is 4. The number of carbonyl (C=O) groups excluding carboxylic acids is 1. The van der Waals surface area contributed by atoms with E-state index in [1.54, 1.807) is 11.8 Å². The van der Waals surface area contributed by atoms with Gasteiger partial charge in [0.25, 0.3) is 5.91 Å². The van der Waals surface area contributed by atoms with Gasteiger partial charge in [-0.1, -0.05) is 18.2 Å². The van der Waals surface area contributed by atoms with E-state index in [4.69, 9.17) is 9.47 Å². The van der Waals surface area contributed by atoms with E-state index < -0.39 is 5.60 Å². The zero-order valence-electron chi connectivity index (χ0n) is 13.4. The summed E-state index contributed by atoms with van der Waals surface area (Å²) in [6.07, 6.45) is 1.10. The molecule has 1 aromatic carbocycles. The maximum absolute atomic E-state index is 12.6. The molecule has 0 atom stereocenters. The predicted octanol–water partition coefficient (Wildman–Crippen LogP) is 2.31. The highest BCUT2D eigenvalue weighted by Crippen LogP contribution is 2.26. The van der Waals surface area contributed by atoms with E-state index in [9.17, 15) is 4.79 Å². The fourth-order valence-electron chi connectivity index (χ4n) is 2.82. The van der Waals surface area contributed by atoms with Crippen LogP contribution in [0.25, 0.3) is 5.69 Å². The molecule has 0 radical (unpaired) electrons. The van der Waals surface area contributed by atoms with Crippen molar-refractivity contribution in [1.82, 2.24) is 9.78 Å². The number of para-hydroxylation sites is 1. The van der Waals surface area contributed by atoms with Crippen molar-refractivity contribution in [2.24, 2.45) is 0 Å². The van der Waals surface area contributed by atoms with Crippen molar-refractivity contribution in [1.29, 1.82) is 0 Å². The number of aryl methyl sites for hydroxylation is 1. The summed E-state index contributed by atoms with van der Waals surface area (Å²) in [4.78, 5) is 12.6. The molecular formula is C17H21N3O3. The Morgan fingerprint density at radius 1 is 1.30 bits per heavy atom. The Bertz CT molecular complexity index is 676. The van der Waals surface area contributed by atoms with Crippen molar-refractivity contribution in [3.63, 3.8) is 0 Å². The number of rotatable bonds is 4. The van der Waals surface area contributed by atoms with Gasteiger partial charge < -0.3 is 14.8 Å². The number of methoxy groups -OCH3 is 1. The Morgan fingerprint density at radius 2 is 2.00 bits per heavy atom. The molecule has 0 saturated carbocycles. The highest BCUT2D eigenvalue weighted by Gasteiger charge is 2.40. The molecule has 1 N–H and O–H groups in total. The van der Waals surface area contributed by atoms with Gasteiger partial charge in [0.15, 0.2) is 11.4 Å². The number of nitrogens with one attached hydrogen (secondary N) is 1. The number of ether oxygens (including phenoxy) is 2. The van der Waals surface area contributed by atoms with Crippen molar-refractivity contribution in [3.8, 4) is 5.69 Å². The highest BCUT2D eigenvalue weighted by atomic mass is 16.5. The molecule has 0 aliphatic carbocycles. The summed E-state index contributed by atoms with van der Waals surface area (Å²) in [7, 11) is 1.57. The van der Waals surface area contributed by atoms with Crippen molar-refractivity contribution < 1.29 is 14.3 Å². The maximum atomic E-state index is 12.6. The predicted molar refractivity (Wildman–Crippen MR) is 86.7 cm³/mol. The molecule has 0 unspecified atom stereocenters. The second-order valence-corrected chi connectivity index (χ2v) is 5.68. The van der Waals surface area contributed by atoms with E-state index in [-0.39, 0.29) is 5.91 Å². The number of nitrogens with zero attached hydrogens (tertiary/aromatic N) is 2. The van der Waals surface area contributed by atoms with Crippen LogP contribution in [-0.4, -0.2) is 41.6 Å². The lowest BCUT2D eigenvalue weighted by Crippen LogP contribution is -2.48. The second-order valence-electron chi connectivity index (χ2n) is 5.68. The third kappa shape index (κ3) is 3.13. The first kappa shape index (κ1) is 15.7. The average molecular weight is 315 g/mol. The van der Waals surface area contributed by atoms with Gasteiger partial charge in [-0.25, -0.2) is 4.68 Å². The van der Waals surface area contributed by atoms with Crippen molar-refractivity contribution in [2.75, 3.05) is 25.6 Å². The van der Waals surface area contributed by atoms with Crippen LogP contribution < -0.4 is 5.32 Å². The number of aromatic nitrogens is 2. The third-order valence-electron chi connectivity index (χ3n) is 4.23. The number of amides is 1. The summed E-state index contributed by atoms with van der Waals surface area (Å²) >= 11 is 0. The van der Waals surface area contributed by atoms with E-state index in [2.05, 4.69) is 10.4 Å². The molecule has 2 aromatic rings. The van der Waals surface area contributed by atoms with Gasteiger partial charge in [-0.3, -0.25) is 4.79 Å². The van der Waals surface area contributed by atoms with Gasteiger partial charge in [-0.15, -0.1) is 5.10 Å².